The number of Topliss-reactive ketones (excluding diaryl/α,β-unsaturated/α-hetero) is 1. The molecule has 2 saturated heterocycles. The summed E-state index contributed by atoms with van der Waals surface area (Å²) in [5.74, 6) is -0.242. The number of pyridine rings is 1. The van der Waals surface area contributed by atoms with Crippen molar-refractivity contribution in [3.05, 3.63) is 34.7 Å². The van der Waals surface area contributed by atoms with Crippen molar-refractivity contribution in [3.63, 3.8) is 0 Å². The summed E-state index contributed by atoms with van der Waals surface area (Å²) in [4.78, 5) is 65.1. The fourth-order valence-corrected chi connectivity index (χ4v) is 11.7. The maximum Gasteiger partial charge on any atom is 0.408 e. The monoisotopic (exact) mass is 823 g/mol. The van der Waals surface area contributed by atoms with Crippen molar-refractivity contribution in [1.29, 1.82) is 0 Å². The van der Waals surface area contributed by atoms with Gasteiger partial charge in [-0.1, -0.05) is 18.9 Å². The summed E-state index contributed by atoms with van der Waals surface area (Å²) in [6.45, 7) is 11.7. The van der Waals surface area contributed by atoms with Crippen molar-refractivity contribution < 1.29 is 38.1 Å². The van der Waals surface area contributed by atoms with Gasteiger partial charge in [-0.15, -0.1) is 11.3 Å². The molecule has 2 aliphatic carbocycles. The van der Waals surface area contributed by atoms with Crippen LogP contribution in [0.2, 0.25) is 0 Å². The first kappa shape index (κ1) is 41.6. The molecule has 2 unspecified atom stereocenters. The van der Waals surface area contributed by atoms with Crippen LogP contribution in [0.3, 0.4) is 0 Å². The summed E-state index contributed by atoms with van der Waals surface area (Å²) in [7, 11) is -3.67. The van der Waals surface area contributed by atoms with Crippen LogP contribution >= 0.6 is 18.7 Å². The Morgan fingerprint density at radius 3 is 2.56 bits per heavy atom. The van der Waals surface area contributed by atoms with Crippen molar-refractivity contribution in [3.8, 4) is 17.1 Å². The van der Waals surface area contributed by atoms with E-state index in [9.17, 15) is 23.8 Å². The summed E-state index contributed by atoms with van der Waals surface area (Å²) in [6.07, 6.45) is 5.02. The molecule has 7 rings (SSSR count). The number of rotatable bonds is 8. The third-order valence-electron chi connectivity index (χ3n) is 12.5. The van der Waals surface area contributed by atoms with Gasteiger partial charge >= 0.3 is 6.09 Å². The molecule has 2 aromatic heterocycles. The number of alkyl carbamates (subject to hydrolysis) is 1. The van der Waals surface area contributed by atoms with Gasteiger partial charge in [0.1, 0.15) is 29.7 Å². The van der Waals surface area contributed by atoms with E-state index < -0.39 is 48.8 Å². The number of benzene rings is 1. The Hall–Kier alpha value is -3.58. The lowest BCUT2D eigenvalue weighted by Gasteiger charge is -2.32. The van der Waals surface area contributed by atoms with Gasteiger partial charge in [-0.3, -0.25) is 14.2 Å². The number of anilines is 1. The van der Waals surface area contributed by atoms with Gasteiger partial charge in [-0.25, -0.2) is 14.8 Å². The fourth-order valence-electron chi connectivity index (χ4n) is 8.98. The normalized spacial score (nSPS) is 28.6. The quantitative estimate of drug-likeness (QED) is 0.190. The molecule has 310 valence electrons. The van der Waals surface area contributed by atoms with Crippen LogP contribution in [0.5, 0.6) is 5.75 Å². The van der Waals surface area contributed by atoms with Crippen molar-refractivity contribution in [2.45, 2.75) is 147 Å². The summed E-state index contributed by atoms with van der Waals surface area (Å²) >= 11 is 1.50. The molecule has 15 heteroatoms. The lowest BCUT2D eigenvalue weighted by Crippen LogP contribution is -2.57. The first-order valence-electron chi connectivity index (χ1n) is 20.7. The fraction of sp³-hybridized carbons (Fsp3) is 0.643. The standard InChI is InChI=1S/C42H58N5O8PS/c1-24(2)43-40-45-33(23-57-40)32-19-36(31-16-15-25(3)26(4)37(31)44-32)54-30-18-34-35(48)21-42(56(6,51)52)20-28(42)12-8-7-11-17-53-27(5)38(39(49)47(34)22-30)46-41(50)55-29-13-9-10-14-29/h15-16,19,23-24,27-30,34,38H,7-14,17-18,20-22H2,1-6H3,(H,43,45)(H,46,50)(H,51,52)/t27?,28-,30-,34+,38+,42-/m1/s1. The van der Waals surface area contributed by atoms with E-state index in [4.69, 9.17) is 24.2 Å². The van der Waals surface area contributed by atoms with Gasteiger partial charge in [0.15, 0.2) is 10.9 Å². The highest BCUT2D eigenvalue weighted by molar-refractivity contribution is 7.59. The van der Waals surface area contributed by atoms with E-state index in [1.807, 2.05) is 37.4 Å². The van der Waals surface area contributed by atoms with Gasteiger partial charge < -0.3 is 34.6 Å². The molecule has 3 N–H and O–H groups in total. The number of carbonyl (C=O) groups excluding carboxylic acids is 3. The van der Waals surface area contributed by atoms with Gasteiger partial charge in [-0.05, 0) is 103 Å². The Morgan fingerprint density at radius 1 is 1.07 bits per heavy atom. The van der Waals surface area contributed by atoms with Crippen molar-refractivity contribution in [2.24, 2.45) is 5.92 Å². The zero-order valence-electron chi connectivity index (χ0n) is 34.0. The number of amides is 2. The Bertz CT molecular complexity index is 2030. The summed E-state index contributed by atoms with van der Waals surface area (Å²) in [6, 6.07) is 4.01. The molecule has 4 heterocycles. The van der Waals surface area contributed by atoms with Crippen LogP contribution in [-0.4, -0.2) is 99.0 Å². The van der Waals surface area contributed by atoms with E-state index >= 15 is 0 Å². The van der Waals surface area contributed by atoms with Crippen LogP contribution in [0.4, 0.5) is 9.93 Å². The number of ether oxygens (including phenoxy) is 3. The number of aromatic nitrogens is 2. The van der Waals surface area contributed by atoms with Gasteiger partial charge in [-0.2, -0.15) is 0 Å². The zero-order chi connectivity index (χ0) is 40.6. The largest absolute Gasteiger partial charge is 0.488 e. The van der Waals surface area contributed by atoms with Crippen molar-refractivity contribution in [2.75, 3.05) is 25.1 Å². The maximum atomic E-state index is 14.8. The molecule has 2 amide bonds. The topological polar surface area (TPSA) is 169 Å². The predicted octanol–water partition coefficient (Wildman–Crippen LogP) is 7.78. The number of thiazole rings is 1. The molecule has 4 fully saturated rings. The number of nitrogens with one attached hydrogen (secondary N) is 2. The molecule has 7 atom stereocenters. The molecule has 0 radical (unpaired) electrons. The van der Waals surface area contributed by atoms with Gasteiger partial charge in [0.05, 0.1) is 35.1 Å². The molecule has 0 bridgehead atoms. The summed E-state index contributed by atoms with van der Waals surface area (Å²) in [5.41, 5.74) is 4.19. The van der Waals surface area contributed by atoms with Gasteiger partial charge in [0.25, 0.3) is 0 Å². The maximum absolute atomic E-state index is 14.8. The minimum Gasteiger partial charge on any atom is -0.488 e. The minimum absolute atomic E-state index is 0.0418. The van der Waals surface area contributed by atoms with E-state index in [0.717, 1.165) is 78.5 Å². The SMILES string of the molecule is Cc1ccc2c(O[C@@H]3C[C@H]4C(=O)C[C@]5(P(C)(=O)O)C[C@H]5CCCCCOC(C)[C@H](NC(=O)OC5CCCC5)C(=O)N4C3)cc(-c3csc(NC(C)C)n3)nc2c1C. The highest BCUT2D eigenvalue weighted by atomic mass is 32.1. The van der Waals surface area contributed by atoms with Gasteiger partial charge in [0, 0.05) is 49.0 Å². The second kappa shape index (κ2) is 17.0. The highest BCUT2D eigenvalue weighted by Crippen LogP contribution is 2.72. The van der Waals surface area contributed by atoms with Crippen LogP contribution in [0.15, 0.2) is 23.6 Å². The Kier molecular flexibility index (Phi) is 12.4. The van der Waals surface area contributed by atoms with E-state index in [1.54, 1.807) is 6.92 Å². The molecule has 3 aromatic rings. The summed E-state index contributed by atoms with van der Waals surface area (Å²) < 4.78 is 32.2. The van der Waals surface area contributed by atoms with E-state index in [-0.39, 0.29) is 43.2 Å². The highest BCUT2D eigenvalue weighted by Gasteiger charge is 2.64. The first-order chi connectivity index (χ1) is 27.1. The molecule has 13 nitrogen and oxygen atoms in total. The van der Waals surface area contributed by atoms with Gasteiger partial charge in [0.2, 0.25) is 13.3 Å². The number of nitrogens with zero attached hydrogens (tertiary/aromatic N) is 3. The zero-order valence-corrected chi connectivity index (χ0v) is 35.8. The van der Waals surface area contributed by atoms with Crippen LogP contribution in [0.25, 0.3) is 22.3 Å². The van der Waals surface area contributed by atoms with E-state index in [2.05, 4.69) is 24.5 Å². The third-order valence-corrected chi connectivity index (χ3v) is 15.7. The molecular formula is C42H58N5O8PS. The molecule has 57 heavy (non-hydrogen) atoms. The van der Waals surface area contributed by atoms with E-state index in [0.29, 0.717) is 30.2 Å². The molecule has 1 aromatic carbocycles. The van der Waals surface area contributed by atoms with Crippen LogP contribution in [-0.2, 0) is 23.6 Å². The Balaban J connectivity index is 1.23. The number of ketones is 1. The third kappa shape index (κ3) is 9.04. The minimum atomic E-state index is -3.67. The number of fused-ring (bicyclic) bond motifs is 3. The molecule has 2 aliphatic heterocycles. The second-order valence-electron chi connectivity index (χ2n) is 17.1. The number of carbonyl (C=O) groups is 3. The molecule has 0 spiro atoms. The van der Waals surface area contributed by atoms with E-state index in [1.165, 1.54) is 22.9 Å². The van der Waals surface area contributed by atoms with Crippen molar-refractivity contribution in [1.82, 2.24) is 20.2 Å². The van der Waals surface area contributed by atoms with Crippen LogP contribution in [0.1, 0.15) is 103 Å². The van der Waals surface area contributed by atoms with Crippen LogP contribution in [0, 0.1) is 19.8 Å². The molecule has 4 aliphatic rings. The summed E-state index contributed by atoms with van der Waals surface area (Å²) in [5, 5.41) is 8.71. The number of hydrogen-bond donors (Lipinski definition) is 3. The Morgan fingerprint density at radius 2 is 1.82 bits per heavy atom. The lowest BCUT2D eigenvalue weighted by atomic mass is 10.0. The number of hydrogen-bond acceptors (Lipinski definition) is 11. The first-order valence-corrected chi connectivity index (χ1v) is 23.6. The Labute approximate surface area is 339 Å². The number of aryl methyl sites for hydroxylation is 2. The smallest absolute Gasteiger partial charge is 0.408 e. The average Bonchev–Trinajstić information content (AvgIpc) is 3.57. The average molecular weight is 824 g/mol. The molecule has 2 saturated carbocycles. The predicted molar refractivity (Wildman–Crippen MR) is 221 cm³/mol. The van der Waals surface area contributed by atoms with Crippen molar-refractivity contribution >= 4 is 52.5 Å². The molecular weight excluding hydrogens is 766 g/mol. The second-order valence-corrected chi connectivity index (χ2v) is 20.6. The van der Waals surface area contributed by atoms with Crippen LogP contribution < -0.4 is 15.4 Å². The lowest BCUT2D eigenvalue weighted by molar-refractivity contribution is -0.142.